The highest BCUT2D eigenvalue weighted by Crippen LogP contribution is 2.17. The van der Waals surface area contributed by atoms with E-state index in [1.54, 1.807) is 28.9 Å². The van der Waals surface area contributed by atoms with Gasteiger partial charge in [0, 0.05) is 6.20 Å². The highest BCUT2D eigenvalue weighted by Gasteiger charge is 1.99. The van der Waals surface area contributed by atoms with E-state index in [-0.39, 0.29) is 0 Å². The number of pyridine rings is 1. The zero-order valence-corrected chi connectivity index (χ0v) is 7.19. The van der Waals surface area contributed by atoms with Crippen LogP contribution in [0.4, 0.5) is 5.69 Å². The molecular weight excluding hydrogens is 190 g/mol. The van der Waals surface area contributed by atoms with Crippen LogP contribution in [-0.4, -0.2) is 15.5 Å². The molecule has 2 heterocycles. The Hall–Kier alpha value is -1.64. The Kier molecular flexibility index (Phi) is 1.85. The number of imidazole rings is 1. The predicted molar refractivity (Wildman–Crippen MR) is 48.0 cm³/mol. The molecule has 13 heavy (non-hydrogen) atoms. The van der Waals surface area contributed by atoms with Gasteiger partial charge < -0.3 is 0 Å². The first-order valence-corrected chi connectivity index (χ1v) is 3.89. The summed E-state index contributed by atoms with van der Waals surface area (Å²) < 4.78 is 1.69. The molecule has 0 atom stereocenters. The van der Waals surface area contributed by atoms with Crippen molar-refractivity contribution in [1.82, 2.24) is 9.38 Å². The van der Waals surface area contributed by atoms with Crippen molar-refractivity contribution < 1.29 is 4.79 Å². The molecule has 0 fully saturated rings. The minimum Gasteiger partial charge on any atom is -0.290 e. The molecular formula is C8H4ClN3O. The van der Waals surface area contributed by atoms with Gasteiger partial charge in [0.1, 0.15) is 0 Å². The fraction of sp³-hybridized carbons (Fsp3) is 0. The molecule has 0 aromatic carbocycles. The zero-order chi connectivity index (χ0) is 9.26. The van der Waals surface area contributed by atoms with Gasteiger partial charge in [0.05, 0.1) is 17.4 Å². The molecule has 2 aromatic rings. The zero-order valence-electron chi connectivity index (χ0n) is 6.44. The molecule has 0 aliphatic heterocycles. The van der Waals surface area contributed by atoms with Crippen molar-refractivity contribution in [3.05, 3.63) is 29.8 Å². The van der Waals surface area contributed by atoms with Crippen LogP contribution in [0, 0.1) is 0 Å². The van der Waals surface area contributed by atoms with Crippen LogP contribution in [0.3, 0.4) is 0 Å². The van der Waals surface area contributed by atoms with Crippen LogP contribution in [-0.2, 0) is 4.79 Å². The lowest BCUT2D eigenvalue weighted by atomic mass is 10.4. The molecule has 64 valence electrons. The Morgan fingerprint density at radius 2 is 2.46 bits per heavy atom. The van der Waals surface area contributed by atoms with Crippen LogP contribution in [0.5, 0.6) is 0 Å². The van der Waals surface area contributed by atoms with E-state index >= 15 is 0 Å². The van der Waals surface area contributed by atoms with Crippen LogP contribution in [0.1, 0.15) is 0 Å². The third-order valence-corrected chi connectivity index (χ3v) is 1.92. The van der Waals surface area contributed by atoms with E-state index in [2.05, 4.69) is 9.98 Å². The van der Waals surface area contributed by atoms with E-state index in [1.807, 2.05) is 0 Å². The lowest BCUT2D eigenvalue weighted by Crippen LogP contribution is -1.81. The van der Waals surface area contributed by atoms with Gasteiger partial charge in [-0.3, -0.25) is 4.40 Å². The topological polar surface area (TPSA) is 46.7 Å². The summed E-state index contributed by atoms with van der Waals surface area (Å²) in [5, 5.41) is 0.386. The van der Waals surface area contributed by atoms with Crippen molar-refractivity contribution in [2.45, 2.75) is 0 Å². The molecule has 0 unspecified atom stereocenters. The number of fused-ring (bicyclic) bond motifs is 1. The smallest absolute Gasteiger partial charge is 0.240 e. The third kappa shape index (κ3) is 1.33. The third-order valence-electron chi connectivity index (χ3n) is 1.65. The number of aliphatic imine (C=N–C) groups is 1. The molecule has 4 nitrogen and oxygen atoms in total. The normalized spacial score (nSPS) is 9.92. The van der Waals surface area contributed by atoms with Crippen molar-refractivity contribution in [2.75, 3.05) is 0 Å². The molecule has 0 aliphatic carbocycles. The van der Waals surface area contributed by atoms with E-state index in [0.29, 0.717) is 11.0 Å². The van der Waals surface area contributed by atoms with E-state index in [4.69, 9.17) is 11.6 Å². The minimum atomic E-state index is 0.386. The number of isocyanates is 1. The summed E-state index contributed by atoms with van der Waals surface area (Å²) >= 11 is 5.75. The summed E-state index contributed by atoms with van der Waals surface area (Å²) in [5.74, 6) is 0. The summed E-state index contributed by atoms with van der Waals surface area (Å²) in [6.07, 6.45) is 4.77. The molecule has 0 saturated heterocycles. The Morgan fingerprint density at radius 3 is 3.23 bits per heavy atom. The lowest BCUT2D eigenvalue weighted by molar-refractivity contribution is 0.565. The van der Waals surface area contributed by atoms with Gasteiger partial charge >= 0.3 is 0 Å². The largest absolute Gasteiger partial charge is 0.290 e. The highest BCUT2D eigenvalue weighted by molar-refractivity contribution is 6.28. The number of hydrogen-bond donors (Lipinski definition) is 0. The molecule has 2 rings (SSSR count). The second kappa shape index (κ2) is 3.01. The van der Waals surface area contributed by atoms with Crippen molar-refractivity contribution in [3.8, 4) is 0 Å². The quantitative estimate of drug-likeness (QED) is 0.513. The summed E-state index contributed by atoms with van der Waals surface area (Å²) in [6, 6.07) is 3.36. The van der Waals surface area contributed by atoms with Crippen molar-refractivity contribution in [3.63, 3.8) is 0 Å². The van der Waals surface area contributed by atoms with Crippen LogP contribution >= 0.6 is 11.6 Å². The first-order valence-electron chi connectivity index (χ1n) is 3.52. The molecule has 2 aromatic heterocycles. The number of nitrogens with zero attached hydrogens (tertiary/aromatic N) is 3. The number of carbonyl (C=O) groups excluding carboxylic acids is 1. The van der Waals surface area contributed by atoms with Crippen LogP contribution < -0.4 is 0 Å². The van der Waals surface area contributed by atoms with Gasteiger partial charge in [-0.25, -0.2) is 9.78 Å². The molecule has 0 amide bonds. The fourth-order valence-corrected chi connectivity index (χ4v) is 1.28. The molecule has 0 N–H and O–H groups in total. The Labute approximate surface area is 78.5 Å². The number of rotatable bonds is 1. The molecule has 0 radical (unpaired) electrons. The molecule has 0 aliphatic rings. The summed E-state index contributed by atoms with van der Waals surface area (Å²) in [5.41, 5.74) is 1.33. The van der Waals surface area contributed by atoms with Gasteiger partial charge in [-0.2, -0.15) is 4.99 Å². The van der Waals surface area contributed by atoms with Crippen molar-refractivity contribution in [2.24, 2.45) is 4.99 Å². The molecule has 5 heteroatoms. The maximum atomic E-state index is 9.98. The highest BCUT2D eigenvalue weighted by atomic mass is 35.5. The number of hydrogen-bond acceptors (Lipinski definition) is 3. The molecule has 0 spiro atoms. The lowest BCUT2D eigenvalue weighted by Gasteiger charge is -1.94. The monoisotopic (exact) mass is 193 g/mol. The number of aromatic nitrogens is 2. The van der Waals surface area contributed by atoms with Crippen LogP contribution in [0.15, 0.2) is 29.5 Å². The second-order valence-electron chi connectivity index (χ2n) is 2.41. The maximum Gasteiger partial charge on any atom is 0.240 e. The van der Waals surface area contributed by atoms with Gasteiger partial charge in [-0.05, 0) is 23.7 Å². The minimum absolute atomic E-state index is 0.386. The average Bonchev–Trinajstić information content (AvgIpc) is 2.48. The maximum absolute atomic E-state index is 9.98. The Morgan fingerprint density at radius 1 is 1.62 bits per heavy atom. The first kappa shape index (κ1) is 7.98. The SMILES string of the molecule is O=C=Nc1ccn2c(Cl)ncc2c1. The van der Waals surface area contributed by atoms with Crippen LogP contribution in [0.25, 0.3) is 5.52 Å². The summed E-state index contributed by atoms with van der Waals surface area (Å²) in [4.78, 5) is 17.3. The van der Waals surface area contributed by atoms with Gasteiger partial charge in [-0.1, -0.05) is 0 Å². The molecule has 0 saturated carbocycles. The van der Waals surface area contributed by atoms with Crippen LogP contribution in [0.2, 0.25) is 5.28 Å². The second-order valence-corrected chi connectivity index (χ2v) is 2.75. The van der Waals surface area contributed by atoms with E-state index < -0.39 is 0 Å². The molecule has 0 bridgehead atoms. The van der Waals surface area contributed by atoms with Crippen molar-refractivity contribution in [1.29, 1.82) is 0 Å². The fourth-order valence-electron chi connectivity index (χ4n) is 1.08. The van der Waals surface area contributed by atoms with Crippen molar-refractivity contribution >= 4 is 28.9 Å². The summed E-state index contributed by atoms with van der Waals surface area (Å²) in [7, 11) is 0. The van der Waals surface area contributed by atoms with Gasteiger partial charge in [-0.15, -0.1) is 0 Å². The van der Waals surface area contributed by atoms with E-state index in [0.717, 1.165) is 5.52 Å². The summed E-state index contributed by atoms with van der Waals surface area (Å²) in [6.45, 7) is 0. The number of halogens is 1. The Balaban J connectivity index is 2.69. The van der Waals surface area contributed by atoms with E-state index in [1.165, 1.54) is 6.08 Å². The predicted octanol–water partition coefficient (Wildman–Crippen LogP) is 1.95. The Bertz CT molecular complexity index is 499. The van der Waals surface area contributed by atoms with E-state index in [9.17, 15) is 4.79 Å². The first-order chi connectivity index (χ1) is 6.31. The standard InChI is InChI=1S/C8H4ClN3O/c9-8-10-4-7-3-6(11-5-13)1-2-12(7)8/h1-4H. The van der Waals surface area contributed by atoms with Gasteiger partial charge in [0.15, 0.2) is 0 Å². The van der Waals surface area contributed by atoms with Gasteiger partial charge in [0.2, 0.25) is 11.4 Å². The average molecular weight is 194 g/mol. The van der Waals surface area contributed by atoms with Gasteiger partial charge in [0.25, 0.3) is 0 Å².